The number of nitrogens with one attached hydrogen (secondary N) is 1. The van der Waals surface area contributed by atoms with E-state index < -0.39 is 0 Å². The van der Waals surface area contributed by atoms with Gasteiger partial charge >= 0.3 is 0 Å². The van der Waals surface area contributed by atoms with Gasteiger partial charge in [0.25, 0.3) is 0 Å². The van der Waals surface area contributed by atoms with E-state index in [-0.39, 0.29) is 0 Å². The number of hydrogen-bond donors (Lipinski definition) is 1. The molecule has 19 heavy (non-hydrogen) atoms. The fourth-order valence-corrected chi connectivity index (χ4v) is 2.74. The van der Waals surface area contributed by atoms with Gasteiger partial charge in [0.15, 0.2) is 0 Å². The van der Waals surface area contributed by atoms with Crippen LogP contribution in [0.4, 0.5) is 0 Å². The van der Waals surface area contributed by atoms with Crippen LogP contribution >= 0.6 is 0 Å². The molecule has 4 rings (SSSR count). The molecule has 1 aliphatic rings. The number of nitrogens with zero attached hydrogens (tertiary/aromatic N) is 4. The maximum atomic E-state index is 4.49. The quantitative estimate of drug-likeness (QED) is 0.763. The van der Waals surface area contributed by atoms with Crippen molar-refractivity contribution in [2.45, 2.75) is 25.3 Å². The van der Waals surface area contributed by atoms with E-state index in [1.54, 1.807) is 6.33 Å². The fraction of sp³-hybridized carbons (Fsp3) is 0.286. The molecule has 0 amide bonds. The van der Waals surface area contributed by atoms with Crippen molar-refractivity contribution < 1.29 is 0 Å². The van der Waals surface area contributed by atoms with Gasteiger partial charge in [0.1, 0.15) is 12.0 Å². The largest absolute Gasteiger partial charge is 0.346 e. The SMILES string of the molecule is [CH]1CCC(n2cc(-c3ncnc4[nH]ccc34)cn2)C1. The molecule has 0 saturated heterocycles. The third-order valence-corrected chi connectivity index (χ3v) is 3.75. The molecule has 1 unspecified atom stereocenters. The van der Waals surface area contributed by atoms with E-state index in [4.69, 9.17) is 0 Å². The average molecular weight is 252 g/mol. The van der Waals surface area contributed by atoms with Gasteiger partial charge in [-0.05, 0) is 31.7 Å². The van der Waals surface area contributed by atoms with Crippen LogP contribution in [-0.4, -0.2) is 24.7 Å². The predicted octanol–water partition coefficient (Wildman–Crippen LogP) is 2.75. The van der Waals surface area contributed by atoms with Crippen LogP contribution in [0.15, 0.2) is 31.0 Å². The van der Waals surface area contributed by atoms with E-state index >= 15 is 0 Å². The smallest absolute Gasteiger partial charge is 0.141 e. The molecule has 0 aliphatic heterocycles. The van der Waals surface area contributed by atoms with Crippen LogP contribution in [0.3, 0.4) is 0 Å². The number of fused-ring (bicyclic) bond motifs is 1. The van der Waals surface area contributed by atoms with E-state index in [2.05, 4.69) is 37.4 Å². The number of aromatic nitrogens is 5. The van der Waals surface area contributed by atoms with Crippen molar-refractivity contribution >= 4 is 11.0 Å². The highest BCUT2D eigenvalue weighted by Gasteiger charge is 2.18. The van der Waals surface area contributed by atoms with Crippen molar-refractivity contribution in [3.8, 4) is 11.3 Å². The van der Waals surface area contributed by atoms with Gasteiger partial charge in [-0.2, -0.15) is 5.10 Å². The molecular weight excluding hydrogens is 238 g/mol. The number of H-pyrrole nitrogens is 1. The first-order chi connectivity index (χ1) is 9.42. The molecule has 3 aromatic heterocycles. The molecule has 0 bridgehead atoms. The summed E-state index contributed by atoms with van der Waals surface area (Å²) < 4.78 is 2.07. The highest BCUT2D eigenvalue weighted by Crippen LogP contribution is 2.30. The van der Waals surface area contributed by atoms with Gasteiger partial charge in [-0.1, -0.05) is 0 Å². The minimum Gasteiger partial charge on any atom is -0.346 e. The standard InChI is InChI=1S/C14H14N5/c1-2-4-11(3-1)19-8-10(7-18-19)13-12-5-6-15-14(12)17-9-16-13/h1,5-9,11H,2-4H2,(H,15,16,17). The van der Waals surface area contributed by atoms with E-state index in [0.717, 1.165) is 28.7 Å². The van der Waals surface area contributed by atoms with Crippen molar-refractivity contribution in [1.82, 2.24) is 24.7 Å². The highest BCUT2D eigenvalue weighted by atomic mass is 15.3. The molecule has 1 radical (unpaired) electrons. The van der Waals surface area contributed by atoms with E-state index in [9.17, 15) is 0 Å². The summed E-state index contributed by atoms with van der Waals surface area (Å²) in [5.74, 6) is 0. The number of hydrogen-bond acceptors (Lipinski definition) is 3. The normalized spacial score (nSPS) is 16.4. The van der Waals surface area contributed by atoms with Gasteiger partial charge in [0, 0.05) is 23.3 Å². The van der Waals surface area contributed by atoms with E-state index in [1.807, 2.05) is 18.5 Å². The summed E-state index contributed by atoms with van der Waals surface area (Å²) in [6.45, 7) is 0. The minimum atomic E-state index is 0.511. The second-order valence-electron chi connectivity index (χ2n) is 4.93. The van der Waals surface area contributed by atoms with Crippen LogP contribution in [-0.2, 0) is 0 Å². The molecule has 5 heteroatoms. The Morgan fingerprint density at radius 1 is 1.32 bits per heavy atom. The first-order valence-electron chi connectivity index (χ1n) is 6.56. The topological polar surface area (TPSA) is 59.4 Å². The lowest BCUT2D eigenvalue weighted by Crippen LogP contribution is -2.04. The van der Waals surface area contributed by atoms with Crippen molar-refractivity contribution in [2.75, 3.05) is 0 Å². The molecule has 0 spiro atoms. The lowest BCUT2D eigenvalue weighted by molar-refractivity contribution is 0.472. The Morgan fingerprint density at radius 2 is 2.32 bits per heavy atom. The zero-order chi connectivity index (χ0) is 12.7. The van der Waals surface area contributed by atoms with Crippen LogP contribution in [0.5, 0.6) is 0 Å². The Bertz CT molecular complexity index is 705. The molecular formula is C14H14N5. The minimum absolute atomic E-state index is 0.511. The van der Waals surface area contributed by atoms with E-state index in [1.165, 1.54) is 12.8 Å². The van der Waals surface area contributed by atoms with Gasteiger partial charge in [0.2, 0.25) is 0 Å². The Morgan fingerprint density at radius 3 is 3.21 bits per heavy atom. The van der Waals surface area contributed by atoms with Crippen LogP contribution < -0.4 is 0 Å². The van der Waals surface area contributed by atoms with Crippen LogP contribution in [0, 0.1) is 6.42 Å². The molecule has 1 fully saturated rings. The maximum absolute atomic E-state index is 4.49. The summed E-state index contributed by atoms with van der Waals surface area (Å²) in [5, 5.41) is 5.53. The summed E-state index contributed by atoms with van der Waals surface area (Å²) in [4.78, 5) is 11.7. The van der Waals surface area contributed by atoms with Gasteiger partial charge < -0.3 is 4.98 Å². The van der Waals surface area contributed by atoms with Crippen LogP contribution in [0.1, 0.15) is 25.3 Å². The maximum Gasteiger partial charge on any atom is 0.141 e. The highest BCUT2D eigenvalue weighted by molar-refractivity contribution is 5.89. The van der Waals surface area contributed by atoms with Gasteiger partial charge in [0.05, 0.1) is 17.9 Å². The number of rotatable bonds is 2. The summed E-state index contributed by atoms with van der Waals surface area (Å²) in [5.41, 5.74) is 2.87. The monoisotopic (exact) mass is 252 g/mol. The van der Waals surface area contributed by atoms with Crippen molar-refractivity contribution in [3.05, 3.63) is 37.4 Å². The van der Waals surface area contributed by atoms with Crippen molar-refractivity contribution in [3.63, 3.8) is 0 Å². The Kier molecular flexibility index (Phi) is 2.36. The fourth-order valence-electron chi connectivity index (χ4n) is 2.74. The van der Waals surface area contributed by atoms with Gasteiger partial charge in [-0.3, -0.25) is 4.68 Å². The summed E-state index contributed by atoms with van der Waals surface area (Å²) in [6.07, 6.45) is 13.3. The first kappa shape index (κ1) is 10.7. The van der Waals surface area contributed by atoms with Gasteiger partial charge in [-0.15, -0.1) is 0 Å². The Hall–Kier alpha value is -2.17. The predicted molar refractivity (Wildman–Crippen MR) is 72.3 cm³/mol. The lowest BCUT2D eigenvalue weighted by atomic mass is 10.2. The Balaban J connectivity index is 1.77. The lowest BCUT2D eigenvalue weighted by Gasteiger charge is -2.08. The molecule has 1 atom stereocenters. The molecule has 1 N–H and O–H groups in total. The second-order valence-corrected chi connectivity index (χ2v) is 4.93. The third-order valence-electron chi connectivity index (χ3n) is 3.75. The zero-order valence-corrected chi connectivity index (χ0v) is 10.5. The van der Waals surface area contributed by atoms with Crippen molar-refractivity contribution in [2.24, 2.45) is 0 Å². The average Bonchev–Trinajstić information content (AvgIpc) is 3.18. The molecule has 0 aromatic carbocycles. The first-order valence-corrected chi connectivity index (χ1v) is 6.56. The molecule has 1 saturated carbocycles. The molecule has 5 nitrogen and oxygen atoms in total. The van der Waals surface area contributed by atoms with Crippen LogP contribution in [0.25, 0.3) is 22.3 Å². The van der Waals surface area contributed by atoms with E-state index in [0.29, 0.717) is 6.04 Å². The van der Waals surface area contributed by atoms with Crippen LogP contribution in [0.2, 0.25) is 0 Å². The molecule has 3 heterocycles. The van der Waals surface area contributed by atoms with Gasteiger partial charge in [-0.25, -0.2) is 9.97 Å². The number of aromatic amines is 1. The third kappa shape index (κ3) is 1.73. The van der Waals surface area contributed by atoms with Crippen molar-refractivity contribution in [1.29, 1.82) is 0 Å². The Labute approximate surface area is 110 Å². The summed E-state index contributed by atoms with van der Waals surface area (Å²) >= 11 is 0. The summed E-state index contributed by atoms with van der Waals surface area (Å²) in [7, 11) is 0. The zero-order valence-electron chi connectivity index (χ0n) is 10.5. The molecule has 1 aliphatic carbocycles. The second kappa shape index (κ2) is 4.19. The molecule has 95 valence electrons. The molecule has 3 aromatic rings. The summed E-state index contributed by atoms with van der Waals surface area (Å²) in [6, 6.07) is 2.52.